The molecule has 0 aromatic heterocycles. The fourth-order valence-electron chi connectivity index (χ4n) is 0.990. The maximum atomic E-state index is 5.93. The highest BCUT2D eigenvalue weighted by atomic mass is 28.5. The van der Waals surface area contributed by atoms with Gasteiger partial charge >= 0.3 is 17.1 Å². The van der Waals surface area contributed by atoms with Crippen LogP contribution in [0.25, 0.3) is 0 Å². The molecule has 0 aliphatic carbocycles. The molecule has 0 rings (SSSR count). The van der Waals surface area contributed by atoms with Crippen molar-refractivity contribution < 1.29 is 13.0 Å². The maximum absolute atomic E-state index is 5.93. The molecule has 0 aliphatic heterocycles. The van der Waals surface area contributed by atoms with Crippen LogP contribution in [-0.4, -0.2) is 31.3 Å². The van der Waals surface area contributed by atoms with E-state index in [0.29, 0.717) is 0 Å². The monoisotopic (exact) mass is 220 g/mol. The molecule has 0 aromatic rings. The Morgan fingerprint density at radius 3 is 2.00 bits per heavy atom. The lowest BCUT2D eigenvalue weighted by Gasteiger charge is -2.32. The molecule has 0 spiro atoms. The lowest BCUT2D eigenvalue weighted by atomic mass is 10.8. The van der Waals surface area contributed by atoms with Crippen LogP contribution in [0, 0.1) is 0 Å². The second-order valence-corrected chi connectivity index (χ2v) is 10.6. The molecule has 0 saturated heterocycles. The number of rotatable bonds is 6. The molecule has 0 aliphatic rings. The zero-order chi connectivity index (χ0) is 10.5. The minimum absolute atomic E-state index is 0.795. The van der Waals surface area contributed by atoms with E-state index in [9.17, 15) is 0 Å². The average Bonchev–Trinajstić information content (AvgIpc) is 2.04. The zero-order valence-corrected chi connectivity index (χ0v) is 11.2. The zero-order valence-electron chi connectivity index (χ0n) is 9.22. The lowest BCUT2D eigenvalue weighted by molar-refractivity contribution is 0.248. The molecule has 0 bridgehead atoms. The second kappa shape index (κ2) is 5.06. The van der Waals surface area contributed by atoms with Crippen molar-refractivity contribution in [3.63, 3.8) is 0 Å². The Morgan fingerprint density at radius 2 is 1.69 bits per heavy atom. The molecule has 0 heterocycles. The topological polar surface area (TPSA) is 27.7 Å². The summed E-state index contributed by atoms with van der Waals surface area (Å²) in [6.07, 6.45) is 1.84. The molecule has 0 aromatic carbocycles. The fraction of sp³-hybridized carbons (Fsp3) is 0.750. The van der Waals surface area contributed by atoms with Crippen molar-refractivity contribution in [2.24, 2.45) is 0 Å². The molecule has 0 N–H and O–H groups in total. The summed E-state index contributed by atoms with van der Waals surface area (Å²) in [5, 5.41) is 0. The fourth-order valence-corrected chi connectivity index (χ4v) is 6.84. The first-order chi connectivity index (χ1) is 5.89. The van der Waals surface area contributed by atoms with E-state index in [1.165, 1.54) is 0 Å². The summed E-state index contributed by atoms with van der Waals surface area (Å²) < 4.78 is 16.7. The molecule has 78 valence electrons. The summed E-state index contributed by atoms with van der Waals surface area (Å²) in [5.41, 5.74) is 0. The summed E-state index contributed by atoms with van der Waals surface area (Å²) in [6, 6.07) is 0.795. The van der Waals surface area contributed by atoms with Crippen molar-refractivity contribution in [2.45, 2.75) is 25.7 Å². The largest absolute Gasteiger partial charge is 0.415 e. The molecule has 0 radical (unpaired) electrons. The minimum Gasteiger partial charge on any atom is -0.415 e. The standard InChI is InChI=1S/C8H20O3Si2/c1-7-8-13(6,10-3)11-12(4,5)9-2/h7H,1,8H2,2-6H3. The Hall–Kier alpha value is 0.0538. The van der Waals surface area contributed by atoms with E-state index in [1.54, 1.807) is 14.2 Å². The van der Waals surface area contributed by atoms with Crippen LogP contribution >= 0.6 is 0 Å². The average molecular weight is 220 g/mol. The first-order valence-corrected chi connectivity index (χ1v) is 9.64. The van der Waals surface area contributed by atoms with E-state index in [-0.39, 0.29) is 0 Å². The van der Waals surface area contributed by atoms with E-state index in [0.717, 1.165) is 6.04 Å². The quantitative estimate of drug-likeness (QED) is 0.507. The van der Waals surface area contributed by atoms with Crippen LogP contribution in [0.2, 0.25) is 25.7 Å². The van der Waals surface area contributed by atoms with E-state index < -0.39 is 17.1 Å². The van der Waals surface area contributed by atoms with E-state index in [4.69, 9.17) is 13.0 Å². The number of hydrogen-bond acceptors (Lipinski definition) is 3. The molecule has 0 amide bonds. The van der Waals surface area contributed by atoms with Gasteiger partial charge in [-0.1, -0.05) is 6.08 Å². The van der Waals surface area contributed by atoms with Gasteiger partial charge in [0.15, 0.2) is 0 Å². The molecular formula is C8H20O3Si2. The summed E-state index contributed by atoms with van der Waals surface area (Å²) >= 11 is 0. The predicted octanol–water partition coefficient (Wildman–Crippen LogP) is 2.26. The third-order valence-electron chi connectivity index (χ3n) is 1.90. The summed E-state index contributed by atoms with van der Waals surface area (Å²) in [6.45, 7) is 9.76. The van der Waals surface area contributed by atoms with Gasteiger partial charge in [-0.25, -0.2) is 0 Å². The van der Waals surface area contributed by atoms with Crippen LogP contribution in [0.3, 0.4) is 0 Å². The van der Waals surface area contributed by atoms with Crippen molar-refractivity contribution in [3.8, 4) is 0 Å². The Kier molecular flexibility index (Phi) is 5.09. The van der Waals surface area contributed by atoms with Gasteiger partial charge < -0.3 is 13.0 Å². The molecular weight excluding hydrogens is 200 g/mol. The maximum Gasteiger partial charge on any atom is 0.329 e. The van der Waals surface area contributed by atoms with Gasteiger partial charge in [0.25, 0.3) is 0 Å². The van der Waals surface area contributed by atoms with Crippen LogP contribution in [0.5, 0.6) is 0 Å². The van der Waals surface area contributed by atoms with Gasteiger partial charge in [-0.05, 0) is 19.6 Å². The highest BCUT2D eigenvalue weighted by molar-refractivity contribution is 6.79. The number of allylic oxidation sites excluding steroid dienone is 1. The van der Waals surface area contributed by atoms with Gasteiger partial charge in [0.2, 0.25) is 0 Å². The minimum atomic E-state index is -2.06. The van der Waals surface area contributed by atoms with Gasteiger partial charge in [-0.2, -0.15) is 0 Å². The molecule has 5 heteroatoms. The van der Waals surface area contributed by atoms with Crippen molar-refractivity contribution in [1.82, 2.24) is 0 Å². The predicted molar refractivity (Wildman–Crippen MR) is 59.2 cm³/mol. The van der Waals surface area contributed by atoms with Crippen molar-refractivity contribution in [1.29, 1.82) is 0 Å². The number of hydrogen-bond donors (Lipinski definition) is 0. The highest BCUT2D eigenvalue weighted by Gasteiger charge is 2.37. The molecule has 1 atom stereocenters. The summed E-state index contributed by atoms with van der Waals surface area (Å²) in [7, 11) is -0.668. The van der Waals surface area contributed by atoms with Crippen LogP contribution in [0.15, 0.2) is 12.7 Å². The van der Waals surface area contributed by atoms with Gasteiger partial charge in [0.05, 0.1) is 0 Å². The van der Waals surface area contributed by atoms with Crippen LogP contribution < -0.4 is 0 Å². The van der Waals surface area contributed by atoms with E-state index >= 15 is 0 Å². The first-order valence-electron chi connectivity index (χ1n) is 4.30. The molecule has 1 unspecified atom stereocenters. The van der Waals surface area contributed by atoms with Gasteiger partial charge in [0, 0.05) is 20.3 Å². The lowest BCUT2D eigenvalue weighted by Crippen LogP contribution is -2.49. The van der Waals surface area contributed by atoms with Crippen molar-refractivity contribution in [3.05, 3.63) is 12.7 Å². The first kappa shape index (κ1) is 13.1. The third-order valence-corrected chi connectivity index (χ3v) is 8.47. The highest BCUT2D eigenvalue weighted by Crippen LogP contribution is 2.19. The molecule has 3 nitrogen and oxygen atoms in total. The van der Waals surface area contributed by atoms with Gasteiger partial charge in [0.1, 0.15) is 0 Å². The van der Waals surface area contributed by atoms with Crippen LogP contribution in [0.4, 0.5) is 0 Å². The van der Waals surface area contributed by atoms with Crippen LogP contribution in [0.1, 0.15) is 0 Å². The Labute approximate surface area is 83.2 Å². The summed E-state index contributed by atoms with van der Waals surface area (Å²) in [4.78, 5) is 0. The van der Waals surface area contributed by atoms with Crippen LogP contribution in [-0.2, 0) is 13.0 Å². The van der Waals surface area contributed by atoms with Gasteiger partial charge in [-0.15, -0.1) is 6.58 Å². The van der Waals surface area contributed by atoms with E-state index in [2.05, 4.69) is 6.58 Å². The molecule has 0 fully saturated rings. The Morgan fingerprint density at radius 1 is 1.15 bits per heavy atom. The molecule has 13 heavy (non-hydrogen) atoms. The van der Waals surface area contributed by atoms with Crippen molar-refractivity contribution >= 4 is 17.1 Å². The van der Waals surface area contributed by atoms with Crippen molar-refractivity contribution in [2.75, 3.05) is 14.2 Å². The Balaban J connectivity index is 4.33. The second-order valence-electron chi connectivity index (χ2n) is 3.54. The molecule has 0 saturated carbocycles. The normalized spacial score (nSPS) is 16.7. The third kappa shape index (κ3) is 4.73. The van der Waals surface area contributed by atoms with Gasteiger partial charge in [-0.3, -0.25) is 0 Å². The van der Waals surface area contributed by atoms with E-state index in [1.807, 2.05) is 25.7 Å². The Bertz CT molecular complexity index is 173. The smallest absolute Gasteiger partial charge is 0.329 e. The summed E-state index contributed by atoms with van der Waals surface area (Å²) in [5.74, 6) is 0. The SMILES string of the molecule is C=CC[Si](C)(OC)O[Si](C)(C)OC.